The summed E-state index contributed by atoms with van der Waals surface area (Å²) in [5.41, 5.74) is 4.82. The molecule has 0 bridgehead atoms. The lowest BCUT2D eigenvalue weighted by Gasteiger charge is -2.43. The van der Waals surface area contributed by atoms with E-state index in [1.165, 1.54) is 36.5 Å². The first kappa shape index (κ1) is 23.8. The zero-order valence-corrected chi connectivity index (χ0v) is 21.8. The highest BCUT2D eigenvalue weighted by molar-refractivity contribution is 6.01. The number of piperidine rings is 1. The van der Waals surface area contributed by atoms with E-state index in [0.29, 0.717) is 18.6 Å². The lowest BCUT2D eigenvalue weighted by Crippen LogP contribution is -2.49. The summed E-state index contributed by atoms with van der Waals surface area (Å²) in [6.07, 6.45) is 11.0. The van der Waals surface area contributed by atoms with Gasteiger partial charge in [0, 0.05) is 41.2 Å². The Balaban J connectivity index is 1.38. The third-order valence-corrected chi connectivity index (χ3v) is 8.33. The molecular formula is C33H35NO3. The van der Waals surface area contributed by atoms with Crippen LogP contribution in [0.4, 0.5) is 0 Å². The van der Waals surface area contributed by atoms with Gasteiger partial charge in [0.25, 0.3) is 0 Å². The summed E-state index contributed by atoms with van der Waals surface area (Å²) in [6, 6.07) is 19.4. The number of likely N-dealkylation sites (tertiary alicyclic amines) is 1. The van der Waals surface area contributed by atoms with Gasteiger partial charge in [-0.25, -0.2) is 0 Å². The molecule has 1 amide bonds. The van der Waals surface area contributed by atoms with E-state index in [1.807, 2.05) is 32.3 Å². The first-order valence-corrected chi connectivity index (χ1v) is 13.8. The van der Waals surface area contributed by atoms with Crippen LogP contribution >= 0.6 is 0 Å². The number of hydrogen-bond acceptors (Lipinski definition) is 3. The molecule has 1 saturated heterocycles. The topological polar surface area (TPSA) is 42.7 Å². The lowest BCUT2D eigenvalue weighted by molar-refractivity contribution is -0.132. The van der Waals surface area contributed by atoms with Crippen LogP contribution in [-0.2, 0) is 4.79 Å². The number of carbonyl (C=O) groups is 1. The number of allylic oxidation sites excluding steroid dienone is 1. The van der Waals surface area contributed by atoms with Crippen molar-refractivity contribution in [1.82, 2.24) is 4.90 Å². The molecule has 1 aromatic heterocycles. The molecule has 0 N–H and O–H groups in total. The van der Waals surface area contributed by atoms with Crippen molar-refractivity contribution in [2.45, 2.75) is 58.4 Å². The van der Waals surface area contributed by atoms with Crippen molar-refractivity contribution >= 4 is 33.2 Å². The van der Waals surface area contributed by atoms with Gasteiger partial charge in [0.05, 0.1) is 12.9 Å². The fourth-order valence-corrected chi connectivity index (χ4v) is 6.46. The third kappa shape index (κ3) is 4.54. The van der Waals surface area contributed by atoms with E-state index in [9.17, 15) is 4.79 Å². The van der Waals surface area contributed by atoms with Gasteiger partial charge in [-0.05, 0) is 79.5 Å². The Labute approximate surface area is 218 Å². The molecule has 1 aliphatic carbocycles. The number of fused-ring (bicyclic) bond motifs is 3. The molecule has 37 heavy (non-hydrogen) atoms. The Morgan fingerprint density at radius 2 is 1.84 bits per heavy atom. The minimum Gasteiger partial charge on any atom is -0.493 e. The van der Waals surface area contributed by atoms with Crippen LogP contribution in [0.25, 0.3) is 38.4 Å². The number of benzene rings is 3. The number of ether oxygens (including phenoxy) is 1. The summed E-state index contributed by atoms with van der Waals surface area (Å²) >= 11 is 0. The summed E-state index contributed by atoms with van der Waals surface area (Å²) in [5, 5.41) is 3.44. The largest absolute Gasteiger partial charge is 0.493 e. The van der Waals surface area contributed by atoms with Gasteiger partial charge in [0.15, 0.2) is 0 Å². The zero-order valence-electron chi connectivity index (χ0n) is 21.8. The Kier molecular flexibility index (Phi) is 6.50. The quantitative estimate of drug-likeness (QED) is 0.263. The van der Waals surface area contributed by atoms with Crippen LogP contribution in [0.15, 0.2) is 71.4 Å². The number of hydrogen-bond donors (Lipinski definition) is 0. The maximum Gasteiger partial charge on any atom is 0.247 e. The molecule has 4 aromatic rings. The number of furan rings is 1. The van der Waals surface area contributed by atoms with Crippen molar-refractivity contribution in [3.63, 3.8) is 0 Å². The molecule has 3 aromatic carbocycles. The molecule has 2 unspecified atom stereocenters. The van der Waals surface area contributed by atoms with Gasteiger partial charge < -0.3 is 14.1 Å². The van der Waals surface area contributed by atoms with Gasteiger partial charge in [0.2, 0.25) is 5.91 Å². The molecule has 6 rings (SSSR count). The second-order valence-corrected chi connectivity index (χ2v) is 10.6. The van der Waals surface area contributed by atoms with Crippen molar-refractivity contribution in [3.05, 3.63) is 72.5 Å². The molecule has 4 heteroatoms. The Hall–Kier alpha value is -3.53. The molecule has 2 fully saturated rings. The van der Waals surface area contributed by atoms with Crippen LogP contribution < -0.4 is 4.74 Å². The second kappa shape index (κ2) is 10.1. The SMILES string of the molecule is CCOc1cc2occ(-c3ccc4ccccc4c3)c2cc1/C(C)=C/C(=O)N1CCCC2CCCCC21. The molecule has 2 atom stereocenters. The number of nitrogens with zero attached hydrogens (tertiary/aromatic N) is 1. The fourth-order valence-electron chi connectivity index (χ4n) is 6.46. The summed E-state index contributed by atoms with van der Waals surface area (Å²) < 4.78 is 12.0. The number of rotatable bonds is 5. The van der Waals surface area contributed by atoms with Crippen LogP contribution in [0.3, 0.4) is 0 Å². The van der Waals surface area contributed by atoms with Crippen LogP contribution in [-0.4, -0.2) is 30.0 Å². The smallest absolute Gasteiger partial charge is 0.247 e. The van der Waals surface area contributed by atoms with Crippen LogP contribution in [0.2, 0.25) is 0 Å². The molecule has 1 saturated carbocycles. The predicted molar refractivity (Wildman–Crippen MR) is 151 cm³/mol. The zero-order chi connectivity index (χ0) is 25.4. The van der Waals surface area contributed by atoms with Crippen molar-refractivity contribution in [2.75, 3.05) is 13.2 Å². The van der Waals surface area contributed by atoms with E-state index >= 15 is 0 Å². The monoisotopic (exact) mass is 493 g/mol. The van der Waals surface area contributed by atoms with Crippen LogP contribution in [0, 0.1) is 5.92 Å². The van der Waals surface area contributed by atoms with E-state index in [4.69, 9.17) is 9.15 Å². The van der Waals surface area contributed by atoms with Gasteiger partial charge in [-0.15, -0.1) is 0 Å². The van der Waals surface area contributed by atoms with Gasteiger partial charge in [-0.2, -0.15) is 0 Å². The van der Waals surface area contributed by atoms with Crippen molar-refractivity contribution in [1.29, 1.82) is 0 Å². The summed E-state index contributed by atoms with van der Waals surface area (Å²) in [6.45, 7) is 5.43. The van der Waals surface area contributed by atoms with Gasteiger partial charge >= 0.3 is 0 Å². The Bertz CT molecular complexity index is 1480. The van der Waals surface area contributed by atoms with Crippen molar-refractivity contribution < 1.29 is 13.9 Å². The maximum atomic E-state index is 13.5. The first-order valence-electron chi connectivity index (χ1n) is 13.8. The van der Waals surface area contributed by atoms with E-state index < -0.39 is 0 Å². The maximum absolute atomic E-state index is 13.5. The van der Waals surface area contributed by atoms with Crippen LogP contribution in [0.5, 0.6) is 5.75 Å². The highest BCUT2D eigenvalue weighted by Gasteiger charge is 2.35. The Morgan fingerprint density at radius 1 is 1.03 bits per heavy atom. The summed E-state index contributed by atoms with van der Waals surface area (Å²) in [5.74, 6) is 1.56. The molecule has 4 nitrogen and oxygen atoms in total. The van der Waals surface area contributed by atoms with Gasteiger partial charge in [-0.3, -0.25) is 4.79 Å². The molecule has 2 aliphatic rings. The molecule has 1 aliphatic heterocycles. The molecule has 0 spiro atoms. The highest BCUT2D eigenvalue weighted by atomic mass is 16.5. The first-order chi connectivity index (χ1) is 18.1. The van der Waals surface area contributed by atoms with E-state index in [2.05, 4.69) is 53.4 Å². The van der Waals surface area contributed by atoms with Gasteiger partial charge in [0.1, 0.15) is 11.3 Å². The molecule has 2 heterocycles. The van der Waals surface area contributed by atoms with E-state index in [-0.39, 0.29) is 5.91 Å². The molecule has 0 radical (unpaired) electrons. The average molecular weight is 494 g/mol. The minimum absolute atomic E-state index is 0.138. The fraction of sp³-hybridized carbons (Fsp3) is 0.364. The van der Waals surface area contributed by atoms with E-state index in [0.717, 1.165) is 58.4 Å². The molecular weight excluding hydrogens is 458 g/mol. The number of amides is 1. The predicted octanol–water partition coefficient (Wildman–Crippen LogP) is 8.24. The summed E-state index contributed by atoms with van der Waals surface area (Å²) in [7, 11) is 0. The standard InChI is InChI=1S/C33H35NO3/c1-3-36-31-20-32-28(29(21-37-32)26-15-14-23-9-4-5-11-25(23)18-26)19-27(31)22(2)17-33(35)34-16-8-12-24-10-6-7-13-30(24)34/h4-5,9,11,14-15,17-21,24,30H,3,6-8,10,12-13,16H2,1-2H3/b22-17+. The van der Waals surface area contributed by atoms with Gasteiger partial charge in [-0.1, -0.05) is 49.2 Å². The normalized spacial score (nSPS) is 20.3. The molecule has 190 valence electrons. The Morgan fingerprint density at radius 3 is 2.70 bits per heavy atom. The van der Waals surface area contributed by atoms with Crippen molar-refractivity contribution in [3.8, 4) is 16.9 Å². The second-order valence-electron chi connectivity index (χ2n) is 10.6. The van der Waals surface area contributed by atoms with Crippen molar-refractivity contribution in [2.24, 2.45) is 5.92 Å². The third-order valence-electron chi connectivity index (χ3n) is 8.33. The summed E-state index contributed by atoms with van der Waals surface area (Å²) in [4.78, 5) is 15.7. The lowest BCUT2D eigenvalue weighted by atomic mass is 9.78. The highest BCUT2D eigenvalue weighted by Crippen LogP contribution is 2.39. The van der Waals surface area contributed by atoms with Crippen LogP contribution in [0.1, 0.15) is 57.9 Å². The van der Waals surface area contributed by atoms with E-state index in [1.54, 1.807) is 0 Å². The minimum atomic E-state index is 0.138. The average Bonchev–Trinajstić information content (AvgIpc) is 3.35. The number of carbonyl (C=O) groups excluding carboxylic acids is 1.